The van der Waals surface area contributed by atoms with Crippen LogP contribution >= 0.6 is 0 Å². The lowest BCUT2D eigenvalue weighted by molar-refractivity contribution is 0.0746. The summed E-state index contributed by atoms with van der Waals surface area (Å²) in [6, 6.07) is 5.86. The first-order valence-corrected chi connectivity index (χ1v) is 10.3. The molecule has 2 heterocycles. The van der Waals surface area contributed by atoms with Crippen LogP contribution in [0, 0.1) is 18.8 Å². The summed E-state index contributed by atoms with van der Waals surface area (Å²) in [6.07, 6.45) is 12.1. The minimum absolute atomic E-state index is 0.0729. The van der Waals surface area contributed by atoms with Crippen molar-refractivity contribution in [2.75, 3.05) is 31.1 Å². The molecule has 29 heavy (non-hydrogen) atoms. The fourth-order valence-electron chi connectivity index (χ4n) is 3.76. The summed E-state index contributed by atoms with van der Waals surface area (Å²) in [5, 5.41) is 0. The Labute approximate surface area is 172 Å². The molecule has 1 aromatic heterocycles. The number of hydrogen-bond acceptors (Lipinski definition) is 4. The molecule has 5 heteroatoms. The molecule has 1 aliphatic heterocycles. The van der Waals surface area contributed by atoms with E-state index in [2.05, 4.69) is 32.8 Å². The Morgan fingerprint density at radius 2 is 1.93 bits per heavy atom. The van der Waals surface area contributed by atoms with Crippen molar-refractivity contribution in [2.24, 2.45) is 0 Å². The Balaban J connectivity index is 1.44. The predicted molar refractivity (Wildman–Crippen MR) is 115 cm³/mol. The van der Waals surface area contributed by atoms with Gasteiger partial charge < -0.3 is 9.80 Å². The van der Waals surface area contributed by atoms with Gasteiger partial charge in [0.25, 0.3) is 5.91 Å². The van der Waals surface area contributed by atoms with Crippen molar-refractivity contribution in [1.29, 1.82) is 0 Å². The van der Waals surface area contributed by atoms with Crippen LogP contribution in [0.2, 0.25) is 0 Å². The maximum atomic E-state index is 13.0. The summed E-state index contributed by atoms with van der Waals surface area (Å²) in [7, 11) is 0. The highest BCUT2D eigenvalue weighted by Gasteiger charge is 2.23. The summed E-state index contributed by atoms with van der Waals surface area (Å²) in [6.45, 7) is 4.93. The van der Waals surface area contributed by atoms with Crippen LogP contribution in [0.15, 0.2) is 48.4 Å². The molecule has 0 N–H and O–H groups in total. The van der Waals surface area contributed by atoms with Crippen molar-refractivity contribution in [2.45, 2.75) is 32.6 Å². The molecule has 4 rings (SSSR count). The number of carbonyl (C=O) groups is 1. The van der Waals surface area contributed by atoms with E-state index in [1.54, 1.807) is 18.6 Å². The zero-order chi connectivity index (χ0) is 20.1. The average Bonchev–Trinajstić information content (AvgIpc) is 2.79. The minimum atomic E-state index is 0.0729. The van der Waals surface area contributed by atoms with E-state index in [-0.39, 0.29) is 5.91 Å². The third kappa shape index (κ3) is 4.65. The first-order chi connectivity index (χ1) is 14.2. The van der Waals surface area contributed by atoms with Crippen LogP contribution in [0.25, 0.3) is 0 Å². The summed E-state index contributed by atoms with van der Waals surface area (Å²) in [4.78, 5) is 25.6. The molecule has 5 nitrogen and oxygen atoms in total. The topological polar surface area (TPSA) is 49.3 Å². The molecule has 0 radical (unpaired) electrons. The number of amides is 1. The van der Waals surface area contributed by atoms with Gasteiger partial charge >= 0.3 is 0 Å². The third-order valence-corrected chi connectivity index (χ3v) is 5.57. The van der Waals surface area contributed by atoms with E-state index in [4.69, 9.17) is 0 Å². The largest absolute Gasteiger partial charge is 0.352 e. The van der Waals surface area contributed by atoms with Gasteiger partial charge in [0.1, 0.15) is 5.82 Å². The maximum absolute atomic E-state index is 13.0. The second kappa shape index (κ2) is 8.91. The molecular weight excluding hydrogens is 360 g/mol. The summed E-state index contributed by atoms with van der Waals surface area (Å²) in [5.41, 5.74) is 4.00. The van der Waals surface area contributed by atoms with Crippen LogP contribution in [-0.2, 0) is 0 Å². The number of anilines is 1. The van der Waals surface area contributed by atoms with E-state index >= 15 is 0 Å². The number of benzene rings is 1. The molecule has 0 bridgehead atoms. The van der Waals surface area contributed by atoms with Gasteiger partial charge in [-0.25, -0.2) is 4.98 Å². The highest BCUT2D eigenvalue weighted by Crippen LogP contribution is 2.18. The number of nitrogens with zero attached hydrogens (tertiary/aromatic N) is 4. The van der Waals surface area contributed by atoms with Gasteiger partial charge in [-0.2, -0.15) is 0 Å². The van der Waals surface area contributed by atoms with Gasteiger partial charge in [-0.3, -0.25) is 9.78 Å². The fraction of sp³-hybridized carbons (Fsp3) is 0.375. The lowest BCUT2D eigenvalue weighted by Crippen LogP contribution is -2.49. The zero-order valence-electron chi connectivity index (χ0n) is 16.9. The molecule has 0 spiro atoms. The molecule has 0 atom stereocenters. The van der Waals surface area contributed by atoms with E-state index in [0.717, 1.165) is 42.9 Å². The lowest BCUT2D eigenvalue weighted by atomic mass is 9.99. The normalized spacial score (nSPS) is 16.7. The van der Waals surface area contributed by atoms with E-state index in [1.165, 1.54) is 18.4 Å². The molecule has 1 saturated heterocycles. The predicted octanol–water partition coefficient (Wildman–Crippen LogP) is 3.60. The zero-order valence-corrected chi connectivity index (χ0v) is 16.9. The number of carbonyl (C=O) groups excluding carboxylic acids is 1. The second-order valence-corrected chi connectivity index (χ2v) is 7.60. The molecule has 1 aromatic carbocycles. The van der Waals surface area contributed by atoms with Crippen LogP contribution in [0.3, 0.4) is 0 Å². The molecular formula is C24H26N4O. The lowest BCUT2D eigenvalue weighted by Gasteiger charge is -2.35. The number of aryl methyl sites for hydroxylation is 1. The molecule has 0 unspecified atom stereocenters. The number of allylic oxidation sites excluding steroid dienone is 2. The molecule has 2 aliphatic rings. The first-order valence-electron chi connectivity index (χ1n) is 10.3. The van der Waals surface area contributed by atoms with E-state index in [0.29, 0.717) is 18.7 Å². The Bertz CT molecular complexity index is 963. The van der Waals surface area contributed by atoms with E-state index in [1.807, 2.05) is 30.0 Å². The highest BCUT2D eigenvalue weighted by atomic mass is 16.2. The Kier molecular flexibility index (Phi) is 5.90. The van der Waals surface area contributed by atoms with Gasteiger partial charge in [0.05, 0.1) is 6.20 Å². The molecule has 1 amide bonds. The molecule has 148 valence electrons. The van der Waals surface area contributed by atoms with Gasteiger partial charge in [-0.05, 0) is 55.9 Å². The maximum Gasteiger partial charge on any atom is 0.254 e. The second-order valence-electron chi connectivity index (χ2n) is 7.60. The number of aromatic nitrogens is 2. The van der Waals surface area contributed by atoms with Gasteiger partial charge in [0, 0.05) is 49.7 Å². The van der Waals surface area contributed by atoms with E-state index in [9.17, 15) is 4.79 Å². The molecule has 1 aliphatic carbocycles. The summed E-state index contributed by atoms with van der Waals surface area (Å²) in [5.74, 6) is 7.55. The van der Waals surface area contributed by atoms with Crippen molar-refractivity contribution < 1.29 is 4.79 Å². The van der Waals surface area contributed by atoms with E-state index < -0.39 is 0 Å². The van der Waals surface area contributed by atoms with Gasteiger partial charge in [-0.15, -0.1) is 0 Å². The number of piperazine rings is 1. The van der Waals surface area contributed by atoms with Crippen LogP contribution in [0.1, 0.15) is 47.2 Å². The summed E-state index contributed by atoms with van der Waals surface area (Å²) < 4.78 is 0. The van der Waals surface area contributed by atoms with Crippen LogP contribution in [-0.4, -0.2) is 47.0 Å². The standard InChI is InChI=1S/C24H26N4O/c1-19-7-9-22(17-21(19)10-8-20-5-3-2-4-6-20)24(29)28-15-13-27(14-16-28)23-18-25-11-12-26-23/h5,7,9,11-12,17-18H,2-4,6,13-16H2,1H3. The van der Waals surface area contributed by atoms with Crippen molar-refractivity contribution in [1.82, 2.24) is 14.9 Å². The quantitative estimate of drug-likeness (QED) is 0.740. The van der Waals surface area contributed by atoms with Gasteiger partial charge in [0.2, 0.25) is 0 Å². The number of hydrogen-bond donors (Lipinski definition) is 0. The third-order valence-electron chi connectivity index (χ3n) is 5.57. The molecule has 2 aromatic rings. The first kappa shape index (κ1) is 19.2. The van der Waals surface area contributed by atoms with Crippen LogP contribution < -0.4 is 4.90 Å². The van der Waals surface area contributed by atoms with Crippen LogP contribution in [0.5, 0.6) is 0 Å². The van der Waals surface area contributed by atoms with Gasteiger partial charge in [-0.1, -0.05) is 24.0 Å². The Morgan fingerprint density at radius 3 is 2.66 bits per heavy atom. The SMILES string of the molecule is Cc1ccc(C(=O)N2CCN(c3cnccn3)CC2)cc1C#CC1=CCCCC1. The van der Waals surface area contributed by atoms with Gasteiger partial charge in [0.15, 0.2) is 0 Å². The van der Waals surface area contributed by atoms with Crippen molar-refractivity contribution >= 4 is 11.7 Å². The minimum Gasteiger partial charge on any atom is -0.352 e. The molecule has 1 fully saturated rings. The van der Waals surface area contributed by atoms with Crippen molar-refractivity contribution in [3.63, 3.8) is 0 Å². The molecule has 0 saturated carbocycles. The summed E-state index contributed by atoms with van der Waals surface area (Å²) >= 11 is 0. The highest BCUT2D eigenvalue weighted by molar-refractivity contribution is 5.95. The Hall–Kier alpha value is -3.13. The number of rotatable bonds is 2. The van der Waals surface area contributed by atoms with Crippen LogP contribution in [0.4, 0.5) is 5.82 Å². The monoisotopic (exact) mass is 386 g/mol. The smallest absolute Gasteiger partial charge is 0.254 e. The van der Waals surface area contributed by atoms with Crippen molar-refractivity contribution in [3.8, 4) is 11.8 Å². The van der Waals surface area contributed by atoms with Crippen molar-refractivity contribution in [3.05, 3.63) is 65.1 Å². The fourth-order valence-corrected chi connectivity index (χ4v) is 3.76. The Morgan fingerprint density at radius 1 is 1.07 bits per heavy atom. The average molecular weight is 386 g/mol.